The van der Waals surface area contributed by atoms with Crippen LogP contribution in [0.5, 0.6) is 0 Å². The smallest absolute Gasteiger partial charge is 0.173 e. The van der Waals surface area contributed by atoms with Gasteiger partial charge in [0.1, 0.15) is 5.82 Å². The minimum atomic E-state index is 0.410. The van der Waals surface area contributed by atoms with Crippen LogP contribution in [0.4, 0.5) is 5.82 Å². The first kappa shape index (κ1) is 12.0. The van der Waals surface area contributed by atoms with E-state index in [1.54, 1.807) is 23.0 Å². The second-order valence-electron chi connectivity index (χ2n) is 4.17. The Kier molecular flexibility index (Phi) is 3.38. The number of rotatable bonds is 3. The molecule has 90 valence electrons. The van der Waals surface area contributed by atoms with Gasteiger partial charge in [0.2, 0.25) is 0 Å². The predicted octanol–water partition coefficient (Wildman–Crippen LogP) is 3.07. The molecule has 0 aliphatic carbocycles. The highest BCUT2D eigenvalue weighted by molar-refractivity contribution is 7.13. The van der Waals surface area contributed by atoms with E-state index in [2.05, 4.69) is 34.1 Å². The molecule has 0 aromatic carbocycles. The second kappa shape index (κ2) is 4.79. The minimum absolute atomic E-state index is 0.410. The van der Waals surface area contributed by atoms with Crippen LogP contribution in [0.25, 0.3) is 10.7 Å². The molecule has 2 rings (SSSR count). The van der Waals surface area contributed by atoms with Crippen molar-refractivity contribution in [3.63, 3.8) is 0 Å². The van der Waals surface area contributed by atoms with Crippen LogP contribution in [-0.2, 0) is 0 Å². The molecule has 0 spiro atoms. The van der Waals surface area contributed by atoms with Crippen LogP contribution in [0.2, 0.25) is 0 Å². The summed E-state index contributed by atoms with van der Waals surface area (Å²) in [5.41, 5.74) is 4.01. The largest absolute Gasteiger partial charge is 0.373 e. The van der Waals surface area contributed by atoms with Crippen molar-refractivity contribution in [3.05, 3.63) is 23.0 Å². The van der Waals surface area contributed by atoms with Crippen LogP contribution in [0, 0.1) is 6.92 Å². The number of nitrogens with zero attached hydrogens (tertiary/aromatic N) is 3. The Labute approximate surface area is 105 Å². The molecule has 4 nitrogen and oxygen atoms in total. The number of hydrogen-bond donors (Lipinski definition) is 1. The number of hydrogen-bond acceptors (Lipinski definition) is 5. The molecule has 2 aromatic heterocycles. The third-order valence-corrected chi connectivity index (χ3v) is 3.37. The van der Waals surface area contributed by atoms with Gasteiger partial charge in [-0.3, -0.25) is 4.98 Å². The number of aromatic nitrogens is 3. The Morgan fingerprint density at radius 1 is 1.29 bits per heavy atom. The fourth-order valence-electron chi connectivity index (χ4n) is 1.90. The van der Waals surface area contributed by atoms with Gasteiger partial charge in [0.05, 0.1) is 10.4 Å². The van der Waals surface area contributed by atoms with Crippen LogP contribution in [-0.4, -0.2) is 22.0 Å². The first-order valence-corrected chi connectivity index (χ1v) is 6.46. The van der Waals surface area contributed by atoms with E-state index in [9.17, 15) is 0 Å². The third-order valence-electron chi connectivity index (χ3n) is 2.60. The summed E-state index contributed by atoms with van der Waals surface area (Å²) >= 11 is 1.55. The lowest BCUT2D eigenvalue weighted by atomic mass is 10.0. The predicted molar refractivity (Wildman–Crippen MR) is 71.5 cm³/mol. The van der Waals surface area contributed by atoms with Gasteiger partial charge in [0.15, 0.2) is 5.82 Å². The van der Waals surface area contributed by atoms with Crippen LogP contribution in [0.3, 0.4) is 0 Å². The maximum atomic E-state index is 4.56. The topological polar surface area (TPSA) is 50.7 Å². The molecular formula is C12H16N4S. The summed E-state index contributed by atoms with van der Waals surface area (Å²) in [5, 5.41) is 3.15. The molecule has 0 saturated heterocycles. The van der Waals surface area contributed by atoms with Gasteiger partial charge >= 0.3 is 0 Å². The molecule has 2 aromatic rings. The van der Waals surface area contributed by atoms with E-state index >= 15 is 0 Å². The number of nitrogens with one attached hydrogen (secondary N) is 1. The monoisotopic (exact) mass is 248 g/mol. The summed E-state index contributed by atoms with van der Waals surface area (Å²) in [6.45, 7) is 6.33. The first-order valence-electron chi connectivity index (χ1n) is 5.58. The van der Waals surface area contributed by atoms with Crippen molar-refractivity contribution < 1.29 is 0 Å². The summed E-state index contributed by atoms with van der Waals surface area (Å²) < 4.78 is 0. The zero-order valence-corrected chi connectivity index (χ0v) is 11.3. The fourth-order valence-corrected chi connectivity index (χ4v) is 2.45. The Balaban J connectivity index is 2.56. The first-order chi connectivity index (χ1) is 8.13. The van der Waals surface area contributed by atoms with Crippen molar-refractivity contribution >= 4 is 17.2 Å². The molecule has 0 unspecified atom stereocenters. The molecule has 0 atom stereocenters. The third kappa shape index (κ3) is 2.29. The number of aryl methyl sites for hydroxylation is 1. The molecule has 17 heavy (non-hydrogen) atoms. The standard InChI is InChI=1S/C12H16N4S/c1-7(2)10-8(3)15-11(16-12(10)13-4)9-5-14-6-17-9/h5-7H,1-4H3,(H,13,15,16). The molecular weight excluding hydrogens is 232 g/mol. The highest BCUT2D eigenvalue weighted by Crippen LogP contribution is 2.28. The summed E-state index contributed by atoms with van der Waals surface area (Å²) in [6.07, 6.45) is 1.80. The lowest BCUT2D eigenvalue weighted by Crippen LogP contribution is -2.06. The van der Waals surface area contributed by atoms with E-state index < -0.39 is 0 Å². The summed E-state index contributed by atoms with van der Waals surface area (Å²) in [5.74, 6) is 2.07. The average Bonchev–Trinajstić information content (AvgIpc) is 2.80. The maximum Gasteiger partial charge on any atom is 0.173 e. The Bertz CT molecular complexity index is 505. The van der Waals surface area contributed by atoms with Crippen molar-refractivity contribution in [2.75, 3.05) is 12.4 Å². The van der Waals surface area contributed by atoms with E-state index in [1.807, 2.05) is 14.0 Å². The molecule has 0 aliphatic rings. The van der Waals surface area contributed by atoms with E-state index in [-0.39, 0.29) is 0 Å². The van der Waals surface area contributed by atoms with Gasteiger partial charge in [-0.2, -0.15) is 0 Å². The molecule has 0 bridgehead atoms. The summed E-state index contributed by atoms with van der Waals surface area (Å²) in [7, 11) is 1.89. The van der Waals surface area contributed by atoms with Gasteiger partial charge in [-0.15, -0.1) is 11.3 Å². The molecule has 0 radical (unpaired) electrons. The van der Waals surface area contributed by atoms with Crippen molar-refractivity contribution in [3.8, 4) is 10.7 Å². The lowest BCUT2D eigenvalue weighted by molar-refractivity contribution is 0.834. The SMILES string of the molecule is CNc1nc(-c2cncs2)nc(C)c1C(C)C. The zero-order valence-electron chi connectivity index (χ0n) is 10.5. The normalized spacial score (nSPS) is 10.9. The molecule has 0 amide bonds. The number of thiazole rings is 1. The molecule has 2 heterocycles. The Morgan fingerprint density at radius 2 is 2.06 bits per heavy atom. The highest BCUT2D eigenvalue weighted by atomic mass is 32.1. The Hall–Kier alpha value is -1.49. The molecule has 0 aliphatic heterocycles. The van der Waals surface area contributed by atoms with Crippen molar-refractivity contribution in [1.82, 2.24) is 15.0 Å². The minimum Gasteiger partial charge on any atom is -0.373 e. The molecule has 5 heteroatoms. The second-order valence-corrected chi connectivity index (χ2v) is 5.05. The van der Waals surface area contributed by atoms with Gasteiger partial charge < -0.3 is 5.32 Å². The van der Waals surface area contributed by atoms with Gasteiger partial charge in [-0.05, 0) is 12.8 Å². The summed E-state index contributed by atoms with van der Waals surface area (Å²) in [6, 6.07) is 0. The van der Waals surface area contributed by atoms with Crippen LogP contribution >= 0.6 is 11.3 Å². The highest BCUT2D eigenvalue weighted by Gasteiger charge is 2.15. The van der Waals surface area contributed by atoms with Crippen LogP contribution in [0.15, 0.2) is 11.7 Å². The molecule has 0 fully saturated rings. The van der Waals surface area contributed by atoms with Gasteiger partial charge in [-0.1, -0.05) is 13.8 Å². The number of anilines is 1. The quantitative estimate of drug-likeness (QED) is 0.907. The van der Waals surface area contributed by atoms with Gasteiger partial charge in [-0.25, -0.2) is 9.97 Å². The van der Waals surface area contributed by atoms with Crippen molar-refractivity contribution in [1.29, 1.82) is 0 Å². The van der Waals surface area contributed by atoms with Crippen molar-refractivity contribution in [2.24, 2.45) is 0 Å². The molecule has 0 saturated carbocycles. The van der Waals surface area contributed by atoms with Crippen LogP contribution in [0.1, 0.15) is 31.0 Å². The molecule has 1 N–H and O–H groups in total. The lowest BCUT2D eigenvalue weighted by Gasteiger charge is -2.14. The summed E-state index contributed by atoms with van der Waals surface area (Å²) in [4.78, 5) is 14.2. The van der Waals surface area contributed by atoms with E-state index in [1.165, 1.54) is 5.56 Å². The maximum absolute atomic E-state index is 4.56. The van der Waals surface area contributed by atoms with E-state index in [0.717, 1.165) is 22.2 Å². The average molecular weight is 248 g/mol. The Morgan fingerprint density at radius 3 is 2.59 bits per heavy atom. The van der Waals surface area contributed by atoms with E-state index in [4.69, 9.17) is 0 Å². The van der Waals surface area contributed by atoms with Gasteiger partial charge in [0.25, 0.3) is 0 Å². The van der Waals surface area contributed by atoms with E-state index in [0.29, 0.717) is 5.92 Å². The van der Waals surface area contributed by atoms with Gasteiger partial charge in [0, 0.05) is 24.5 Å². The van der Waals surface area contributed by atoms with Crippen LogP contribution < -0.4 is 5.32 Å². The fraction of sp³-hybridized carbons (Fsp3) is 0.417. The zero-order chi connectivity index (χ0) is 12.4. The van der Waals surface area contributed by atoms with Crippen molar-refractivity contribution in [2.45, 2.75) is 26.7 Å².